The highest BCUT2D eigenvalue weighted by atomic mass is 32.1. The number of aromatic nitrogens is 3. The fourth-order valence-electron chi connectivity index (χ4n) is 9.58. The van der Waals surface area contributed by atoms with E-state index in [1.807, 2.05) is 11.3 Å². The average molecular weight is 780 g/mol. The van der Waals surface area contributed by atoms with Gasteiger partial charge in [0.25, 0.3) is 0 Å². The van der Waals surface area contributed by atoms with Crippen molar-refractivity contribution >= 4 is 96.5 Å². The number of hydrogen-bond acceptors (Lipinski definition) is 3. The summed E-state index contributed by atoms with van der Waals surface area (Å²) in [5.41, 5.74) is 9.75. The van der Waals surface area contributed by atoms with Gasteiger partial charge in [-0.3, -0.25) is 4.57 Å². The Morgan fingerprint density at radius 3 is 1.83 bits per heavy atom. The summed E-state index contributed by atoms with van der Waals surface area (Å²) in [6.07, 6.45) is 0. The van der Waals surface area contributed by atoms with E-state index >= 15 is 0 Å². The third kappa shape index (κ3) is 5.01. The van der Waals surface area contributed by atoms with Gasteiger partial charge in [-0.15, -0.1) is 11.3 Å². The van der Waals surface area contributed by atoms with Crippen LogP contribution in [0.3, 0.4) is 0 Å². The second-order valence-corrected chi connectivity index (χ2v) is 16.8. The Morgan fingerprint density at radius 2 is 0.983 bits per heavy atom. The van der Waals surface area contributed by atoms with Crippen molar-refractivity contribution in [3.8, 4) is 39.5 Å². The van der Waals surface area contributed by atoms with E-state index in [-0.39, 0.29) is 0 Å². The van der Waals surface area contributed by atoms with Crippen LogP contribution >= 0.6 is 11.3 Å². The van der Waals surface area contributed by atoms with Crippen LogP contribution in [-0.2, 0) is 0 Å². The summed E-state index contributed by atoms with van der Waals surface area (Å²) in [4.78, 5) is 10.9. The number of rotatable bonds is 4. The number of para-hydroxylation sites is 2. The zero-order chi connectivity index (χ0) is 39.3. The minimum atomic E-state index is 0.651. The standard InChI is InChI=1S/C56H33N3S/c1-2-14-39-33-50-47(31-38(39)13-1)45-21-10-20-44(40-28-29-51-48(32-40)53-43-17-6-4-12-35(43)27-30-52(53)60-51)55(45)59(50)56-57-49-22-8-7-18-46(49)54(58-56)37-25-23-36(24-26-37)42-19-9-15-34-11-3-5-16-41(34)42/h1-33H. The predicted molar refractivity (Wildman–Crippen MR) is 256 cm³/mol. The van der Waals surface area contributed by atoms with Crippen LogP contribution in [0.1, 0.15) is 0 Å². The normalized spacial score (nSPS) is 12.0. The lowest BCUT2D eigenvalue weighted by atomic mass is 9.96. The molecule has 0 unspecified atom stereocenters. The van der Waals surface area contributed by atoms with Gasteiger partial charge in [0.05, 0.1) is 22.2 Å². The molecule has 278 valence electrons. The summed E-state index contributed by atoms with van der Waals surface area (Å²) in [5.74, 6) is 0.651. The Balaban J connectivity index is 1.07. The van der Waals surface area contributed by atoms with E-state index in [0.717, 1.165) is 38.8 Å². The van der Waals surface area contributed by atoms with Crippen molar-refractivity contribution in [1.29, 1.82) is 0 Å². The first-order chi connectivity index (χ1) is 29.7. The fourth-order valence-corrected chi connectivity index (χ4v) is 10.7. The van der Waals surface area contributed by atoms with Crippen LogP contribution in [0.5, 0.6) is 0 Å². The van der Waals surface area contributed by atoms with Crippen molar-refractivity contribution in [3.05, 3.63) is 200 Å². The van der Waals surface area contributed by atoms with E-state index in [1.54, 1.807) is 0 Å². The molecule has 4 heteroatoms. The van der Waals surface area contributed by atoms with Crippen LogP contribution in [0.25, 0.3) is 125 Å². The molecule has 0 fully saturated rings. The van der Waals surface area contributed by atoms with Gasteiger partial charge in [0.15, 0.2) is 0 Å². The van der Waals surface area contributed by atoms with E-state index < -0.39 is 0 Å². The molecule has 3 aromatic heterocycles. The molecule has 3 nitrogen and oxygen atoms in total. The highest BCUT2D eigenvalue weighted by Gasteiger charge is 2.22. The highest BCUT2D eigenvalue weighted by molar-refractivity contribution is 7.26. The lowest BCUT2D eigenvalue weighted by Crippen LogP contribution is -2.04. The summed E-state index contributed by atoms with van der Waals surface area (Å²) >= 11 is 1.86. The monoisotopic (exact) mass is 779 g/mol. The molecule has 0 saturated heterocycles. The maximum atomic E-state index is 5.55. The molecule has 13 aromatic rings. The predicted octanol–water partition coefficient (Wildman–Crippen LogP) is 15.6. The number of hydrogen-bond donors (Lipinski definition) is 0. The number of fused-ring (bicyclic) bond motifs is 11. The molecular weight excluding hydrogens is 747 g/mol. The van der Waals surface area contributed by atoms with Crippen LogP contribution in [0.15, 0.2) is 200 Å². The largest absolute Gasteiger partial charge is 0.277 e. The highest BCUT2D eigenvalue weighted by Crippen LogP contribution is 2.44. The molecule has 0 bridgehead atoms. The third-order valence-corrected chi connectivity index (χ3v) is 13.5. The third-order valence-electron chi connectivity index (χ3n) is 12.4. The first kappa shape index (κ1) is 33.3. The van der Waals surface area contributed by atoms with Gasteiger partial charge in [0.2, 0.25) is 5.95 Å². The minimum absolute atomic E-state index is 0.651. The SMILES string of the molecule is c1ccc2cc3c(cc2c1)c1cccc(-c2ccc4sc5ccc6ccccc6c5c4c2)c1n3-c1nc(-c2ccc(-c3cccc4ccccc34)cc2)c2ccccc2n1. The van der Waals surface area contributed by atoms with Crippen LogP contribution in [0.4, 0.5) is 0 Å². The lowest BCUT2D eigenvalue weighted by molar-refractivity contribution is 1.01. The van der Waals surface area contributed by atoms with Crippen LogP contribution in [0, 0.1) is 0 Å². The molecule has 13 rings (SSSR count). The van der Waals surface area contributed by atoms with E-state index in [1.165, 1.54) is 80.0 Å². The molecule has 0 aliphatic carbocycles. The quantitative estimate of drug-likeness (QED) is 0.178. The van der Waals surface area contributed by atoms with Gasteiger partial charge in [-0.25, -0.2) is 9.97 Å². The second kappa shape index (κ2) is 12.9. The molecule has 0 N–H and O–H groups in total. The summed E-state index contributed by atoms with van der Waals surface area (Å²) < 4.78 is 4.91. The first-order valence-corrected chi connectivity index (χ1v) is 21.2. The van der Waals surface area contributed by atoms with Gasteiger partial charge in [0.1, 0.15) is 0 Å². The molecule has 0 spiro atoms. The Bertz CT molecular complexity index is 3890. The molecule has 0 atom stereocenters. The van der Waals surface area contributed by atoms with Gasteiger partial charge < -0.3 is 0 Å². The summed E-state index contributed by atoms with van der Waals surface area (Å²) in [6.45, 7) is 0. The van der Waals surface area contributed by atoms with Crippen molar-refractivity contribution in [2.24, 2.45) is 0 Å². The van der Waals surface area contributed by atoms with Crippen LogP contribution < -0.4 is 0 Å². The molecule has 0 aliphatic rings. The summed E-state index contributed by atoms with van der Waals surface area (Å²) in [6, 6.07) is 72.6. The molecular formula is C56H33N3S. The van der Waals surface area contributed by atoms with E-state index in [0.29, 0.717) is 5.95 Å². The summed E-state index contributed by atoms with van der Waals surface area (Å²) in [7, 11) is 0. The zero-order valence-electron chi connectivity index (χ0n) is 32.3. The lowest BCUT2D eigenvalue weighted by Gasteiger charge is -2.14. The molecule has 0 aliphatic heterocycles. The fraction of sp³-hybridized carbons (Fsp3) is 0. The van der Waals surface area contributed by atoms with Crippen molar-refractivity contribution in [2.45, 2.75) is 0 Å². The Morgan fingerprint density at radius 1 is 0.367 bits per heavy atom. The van der Waals surface area contributed by atoms with Crippen molar-refractivity contribution in [2.75, 3.05) is 0 Å². The Kier molecular flexibility index (Phi) is 7.18. The van der Waals surface area contributed by atoms with Gasteiger partial charge in [-0.05, 0) is 85.4 Å². The molecule has 60 heavy (non-hydrogen) atoms. The van der Waals surface area contributed by atoms with E-state index in [9.17, 15) is 0 Å². The summed E-state index contributed by atoms with van der Waals surface area (Å²) in [5, 5.41) is 13.4. The molecule has 0 saturated carbocycles. The maximum Gasteiger partial charge on any atom is 0.235 e. The molecule has 0 radical (unpaired) electrons. The minimum Gasteiger partial charge on any atom is -0.277 e. The van der Waals surface area contributed by atoms with Crippen LogP contribution in [-0.4, -0.2) is 14.5 Å². The molecule has 3 heterocycles. The van der Waals surface area contributed by atoms with Gasteiger partial charge in [0, 0.05) is 47.5 Å². The smallest absolute Gasteiger partial charge is 0.235 e. The number of benzene rings is 10. The molecule has 10 aromatic carbocycles. The van der Waals surface area contributed by atoms with Gasteiger partial charge >= 0.3 is 0 Å². The zero-order valence-corrected chi connectivity index (χ0v) is 33.1. The topological polar surface area (TPSA) is 30.7 Å². The Hall–Kier alpha value is -7.66. The van der Waals surface area contributed by atoms with E-state index in [2.05, 4.69) is 205 Å². The molecule has 0 amide bonds. The van der Waals surface area contributed by atoms with Crippen LogP contribution in [0.2, 0.25) is 0 Å². The van der Waals surface area contributed by atoms with E-state index in [4.69, 9.17) is 9.97 Å². The average Bonchev–Trinajstić information content (AvgIpc) is 3.85. The first-order valence-electron chi connectivity index (χ1n) is 20.4. The Labute approximate surface area is 349 Å². The van der Waals surface area contributed by atoms with Crippen molar-refractivity contribution < 1.29 is 0 Å². The van der Waals surface area contributed by atoms with Crippen molar-refractivity contribution in [1.82, 2.24) is 14.5 Å². The number of thiophene rings is 1. The second-order valence-electron chi connectivity index (χ2n) is 15.7. The maximum absolute atomic E-state index is 5.55. The van der Waals surface area contributed by atoms with Crippen molar-refractivity contribution in [3.63, 3.8) is 0 Å². The van der Waals surface area contributed by atoms with Gasteiger partial charge in [-0.1, -0.05) is 164 Å². The van der Waals surface area contributed by atoms with Gasteiger partial charge in [-0.2, -0.15) is 0 Å². The number of nitrogens with zero attached hydrogens (tertiary/aromatic N) is 3.